The quantitative estimate of drug-likeness (QED) is 0.153. The first-order chi connectivity index (χ1) is 31.2. The van der Waals surface area contributed by atoms with Crippen molar-refractivity contribution in [2.75, 3.05) is 4.90 Å². The third-order valence-corrected chi connectivity index (χ3v) is 12.4. The van der Waals surface area contributed by atoms with E-state index in [9.17, 15) is 0 Å². The van der Waals surface area contributed by atoms with Crippen LogP contribution in [0.3, 0.4) is 0 Å². The lowest BCUT2D eigenvalue weighted by atomic mass is 9.99. The summed E-state index contributed by atoms with van der Waals surface area (Å²) in [4.78, 5) is 2.34. The SMILES string of the molecule is c1ccc(-c2ccc(N(c3ccc(-c4ccc5oc6ccc(-c7ccccc7)cc6c5c4)cc3)c3ccc(-c4ccc5c(c4)c4ccccc4n5-c4ccccc4)cc3)cc2)cc1. The fourth-order valence-corrected chi connectivity index (χ4v) is 9.26. The van der Waals surface area contributed by atoms with Crippen molar-refractivity contribution < 1.29 is 4.42 Å². The molecule has 0 radical (unpaired) electrons. The van der Waals surface area contributed by atoms with Crippen molar-refractivity contribution in [3.8, 4) is 50.2 Å². The molecule has 0 aliphatic heterocycles. The van der Waals surface area contributed by atoms with Gasteiger partial charge in [0.1, 0.15) is 11.2 Å². The summed E-state index contributed by atoms with van der Waals surface area (Å²) in [6.45, 7) is 0. The predicted octanol–water partition coefficient (Wildman–Crippen LogP) is 16.8. The maximum Gasteiger partial charge on any atom is 0.135 e. The summed E-state index contributed by atoms with van der Waals surface area (Å²) in [5.74, 6) is 0. The van der Waals surface area contributed by atoms with Gasteiger partial charge in [0.25, 0.3) is 0 Å². The van der Waals surface area contributed by atoms with Gasteiger partial charge in [-0.15, -0.1) is 0 Å². The molecule has 0 saturated heterocycles. The summed E-state index contributed by atoms with van der Waals surface area (Å²) in [6.07, 6.45) is 0. The Morgan fingerprint density at radius 1 is 0.270 bits per heavy atom. The van der Waals surface area contributed by atoms with E-state index in [2.05, 4.69) is 252 Å². The third-order valence-electron chi connectivity index (χ3n) is 12.4. The molecule has 0 aliphatic rings. The van der Waals surface area contributed by atoms with Crippen molar-refractivity contribution in [2.24, 2.45) is 0 Å². The molecule has 0 saturated carbocycles. The number of aromatic nitrogens is 1. The average Bonchev–Trinajstić information content (AvgIpc) is 3.90. The Morgan fingerprint density at radius 3 is 1.16 bits per heavy atom. The lowest BCUT2D eigenvalue weighted by molar-refractivity contribution is 0.669. The fraction of sp³-hybridized carbons (Fsp3) is 0. The number of rotatable bonds is 8. The van der Waals surface area contributed by atoms with E-state index < -0.39 is 0 Å². The number of para-hydroxylation sites is 2. The highest BCUT2D eigenvalue weighted by atomic mass is 16.3. The number of furan rings is 1. The van der Waals surface area contributed by atoms with Gasteiger partial charge in [-0.2, -0.15) is 0 Å². The lowest BCUT2D eigenvalue weighted by Gasteiger charge is -2.26. The molecule has 12 rings (SSSR count). The molecule has 0 spiro atoms. The topological polar surface area (TPSA) is 21.3 Å². The normalized spacial score (nSPS) is 11.5. The first kappa shape index (κ1) is 36.5. The number of fused-ring (bicyclic) bond motifs is 6. The average molecular weight is 805 g/mol. The van der Waals surface area contributed by atoms with Crippen LogP contribution in [0, 0.1) is 0 Å². The Bertz CT molecular complexity index is 3570. The van der Waals surface area contributed by atoms with E-state index in [0.717, 1.165) is 55.8 Å². The van der Waals surface area contributed by atoms with Crippen LogP contribution in [0.1, 0.15) is 0 Å². The number of nitrogens with zero attached hydrogens (tertiary/aromatic N) is 2. The predicted molar refractivity (Wildman–Crippen MR) is 264 cm³/mol. The lowest BCUT2D eigenvalue weighted by Crippen LogP contribution is -2.09. The third kappa shape index (κ3) is 6.55. The van der Waals surface area contributed by atoms with Crippen molar-refractivity contribution >= 4 is 60.8 Å². The van der Waals surface area contributed by atoms with Gasteiger partial charge in [-0.25, -0.2) is 0 Å². The van der Waals surface area contributed by atoms with Gasteiger partial charge in [0, 0.05) is 44.3 Å². The maximum atomic E-state index is 6.30. The number of benzene rings is 10. The first-order valence-corrected chi connectivity index (χ1v) is 21.5. The van der Waals surface area contributed by atoms with Crippen LogP contribution in [0.15, 0.2) is 247 Å². The molecule has 0 N–H and O–H groups in total. The number of anilines is 3. The van der Waals surface area contributed by atoms with Gasteiger partial charge in [0.2, 0.25) is 0 Å². The fourth-order valence-electron chi connectivity index (χ4n) is 9.26. The molecule has 63 heavy (non-hydrogen) atoms. The van der Waals surface area contributed by atoms with Gasteiger partial charge in [-0.3, -0.25) is 0 Å². The Hall–Kier alpha value is -8.40. The van der Waals surface area contributed by atoms with Crippen LogP contribution in [-0.2, 0) is 0 Å². The molecule has 0 fully saturated rings. The Kier molecular flexibility index (Phi) is 8.83. The van der Waals surface area contributed by atoms with E-state index in [4.69, 9.17) is 4.42 Å². The van der Waals surface area contributed by atoms with Crippen LogP contribution in [0.5, 0.6) is 0 Å². The zero-order chi connectivity index (χ0) is 41.7. The van der Waals surface area contributed by atoms with Gasteiger partial charge in [0.05, 0.1) is 11.0 Å². The van der Waals surface area contributed by atoms with E-state index in [1.54, 1.807) is 0 Å². The molecule has 10 aromatic carbocycles. The summed E-state index contributed by atoms with van der Waals surface area (Å²) in [5, 5.41) is 4.73. The van der Waals surface area contributed by atoms with Crippen molar-refractivity contribution in [3.05, 3.63) is 243 Å². The monoisotopic (exact) mass is 804 g/mol. The van der Waals surface area contributed by atoms with Gasteiger partial charge in [0.15, 0.2) is 0 Å². The second-order valence-electron chi connectivity index (χ2n) is 16.2. The highest BCUT2D eigenvalue weighted by Gasteiger charge is 2.17. The van der Waals surface area contributed by atoms with Crippen LogP contribution in [-0.4, -0.2) is 4.57 Å². The summed E-state index contributed by atoms with van der Waals surface area (Å²) < 4.78 is 8.67. The molecular weight excluding hydrogens is 765 g/mol. The molecule has 12 aromatic rings. The molecule has 3 heteroatoms. The van der Waals surface area contributed by atoms with Gasteiger partial charge >= 0.3 is 0 Å². The minimum absolute atomic E-state index is 0.892. The van der Waals surface area contributed by atoms with Gasteiger partial charge in [-0.05, 0) is 136 Å². The zero-order valence-electron chi connectivity index (χ0n) is 34.4. The molecule has 0 amide bonds. The number of hydrogen-bond donors (Lipinski definition) is 0. The summed E-state index contributed by atoms with van der Waals surface area (Å²) in [6, 6.07) is 87.1. The standard InChI is InChI=1S/C60H40N2O/c1-4-12-41(13-5-1)43-20-29-50(30-21-43)61(51-31-22-44(23-32-51)46-26-35-58-54(38-46)53-18-10-11-19-57(53)62(58)49-16-8-3-9-17-49)52-33-24-45(25-34-52)48-28-37-60-56(40-48)55-39-47(27-36-59(55)63-60)42-14-6-2-7-15-42/h1-40H. The van der Waals surface area contributed by atoms with Crippen molar-refractivity contribution in [1.29, 1.82) is 0 Å². The molecule has 0 atom stereocenters. The Labute approximate surface area is 366 Å². The molecule has 0 bridgehead atoms. The van der Waals surface area contributed by atoms with Crippen LogP contribution >= 0.6 is 0 Å². The second-order valence-corrected chi connectivity index (χ2v) is 16.2. The van der Waals surface area contributed by atoms with E-state index in [0.29, 0.717) is 0 Å². The molecule has 2 heterocycles. The highest BCUT2D eigenvalue weighted by Crippen LogP contribution is 2.40. The van der Waals surface area contributed by atoms with Crippen molar-refractivity contribution in [3.63, 3.8) is 0 Å². The summed E-state index contributed by atoms with van der Waals surface area (Å²) in [7, 11) is 0. The van der Waals surface area contributed by atoms with Crippen molar-refractivity contribution in [2.45, 2.75) is 0 Å². The molecule has 296 valence electrons. The molecule has 0 aliphatic carbocycles. The maximum absolute atomic E-state index is 6.30. The van der Waals surface area contributed by atoms with E-state index in [1.165, 1.54) is 55.2 Å². The largest absolute Gasteiger partial charge is 0.456 e. The molecule has 3 nitrogen and oxygen atoms in total. The minimum Gasteiger partial charge on any atom is -0.456 e. The van der Waals surface area contributed by atoms with Crippen LogP contribution < -0.4 is 4.90 Å². The smallest absolute Gasteiger partial charge is 0.135 e. The Morgan fingerprint density at radius 2 is 0.635 bits per heavy atom. The molecular formula is C60H40N2O. The summed E-state index contributed by atoms with van der Waals surface area (Å²) >= 11 is 0. The van der Waals surface area contributed by atoms with Gasteiger partial charge in [-0.1, -0.05) is 152 Å². The number of hydrogen-bond acceptors (Lipinski definition) is 2. The molecule has 2 aromatic heterocycles. The van der Waals surface area contributed by atoms with E-state index in [-0.39, 0.29) is 0 Å². The van der Waals surface area contributed by atoms with Crippen LogP contribution in [0.4, 0.5) is 17.1 Å². The molecule has 0 unspecified atom stereocenters. The van der Waals surface area contributed by atoms with E-state index in [1.807, 2.05) is 0 Å². The Balaban J connectivity index is 0.907. The highest BCUT2D eigenvalue weighted by molar-refractivity contribution is 6.11. The van der Waals surface area contributed by atoms with Crippen LogP contribution in [0.25, 0.3) is 93.9 Å². The second kappa shape index (κ2) is 15.3. The minimum atomic E-state index is 0.892. The van der Waals surface area contributed by atoms with Gasteiger partial charge < -0.3 is 13.9 Å². The van der Waals surface area contributed by atoms with Crippen LogP contribution in [0.2, 0.25) is 0 Å². The van der Waals surface area contributed by atoms with E-state index >= 15 is 0 Å². The summed E-state index contributed by atoms with van der Waals surface area (Å²) in [5.41, 5.74) is 18.0. The zero-order valence-corrected chi connectivity index (χ0v) is 34.4. The van der Waals surface area contributed by atoms with Crippen molar-refractivity contribution in [1.82, 2.24) is 4.57 Å². The first-order valence-electron chi connectivity index (χ1n) is 21.5.